The number of fused-ring (bicyclic) bond motifs is 1. The van der Waals surface area contributed by atoms with Gasteiger partial charge in [-0.05, 0) is 25.7 Å². The number of hydrogen-bond acceptors (Lipinski definition) is 5. The fourth-order valence-corrected chi connectivity index (χ4v) is 3.72. The van der Waals surface area contributed by atoms with Gasteiger partial charge in [0.25, 0.3) is 12.0 Å². The van der Waals surface area contributed by atoms with Gasteiger partial charge in [-0.25, -0.2) is 18.6 Å². The van der Waals surface area contributed by atoms with Crippen LogP contribution in [0.3, 0.4) is 0 Å². The van der Waals surface area contributed by atoms with Crippen LogP contribution in [0.5, 0.6) is 0 Å². The van der Waals surface area contributed by atoms with Crippen LogP contribution < -0.4 is 10.9 Å². The van der Waals surface area contributed by atoms with Crippen molar-refractivity contribution in [3.63, 3.8) is 0 Å². The van der Waals surface area contributed by atoms with E-state index in [1.165, 1.54) is 19.4 Å². The molecule has 9 heteroatoms. The number of pyridine rings is 1. The van der Waals surface area contributed by atoms with Crippen LogP contribution in [-0.2, 0) is 16.8 Å². The molecule has 2 aliphatic rings. The summed E-state index contributed by atoms with van der Waals surface area (Å²) in [6.07, 6.45) is 4.15. The van der Waals surface area contributed by atoms with Gasteiger partial charge in [0.2, 0.25) is 0 Å². The number of halogens is 2. The van der Waals surface area contributed by atoms with Crippen LogP contribution >= 0.6 is 0 Å². The third-order valence-corrected chi connectivity index (χ3v) is 5.43. The molecule has 7 nitrogen and oxygen atoms in total. The molecule has 0 saturated heterocycles. The van der Waals surface area contributed by atoms with Crippen molar-refractivity contribution in [2.75, 3.05) is 12.4 Å². The summed E-state index contributed by atoms with van der Waals surface area (Å²) in [6.45, 7) is 0.857. The van der Waals surface area contributed by atoms with Crippen molar-refractivity contribution in [3.05, 3.63) is 46.4 Å². The predicted octanol–water partition coefficient (Wildman–Crippen LogP) is 2.53. The van der Waals surface area contributed by atoms with E-state index in [-0.39, 0.29) is 30.1 Å². The number of methoxy groups -OCH3 is 1. The molecule has 0 radical (unpaired) electrons. The quantitative estimate of drug-likeness (QED) is 0.809. The van der Waals surface area contributed by atoms with Crippen LogP contribution in [0.1, 0.15) is 47.8 Å². The lowest BCUT2D eigenvalue weighted by atomic mass is 10.0. The van der Waals surface area contributed by atoms with Crippen molar-refractivity contribution in [1.29, 1.82) is 0 Å². The smallest absolute Gasteiger partial charge is 0.341 e. The molecule has 27 heavy (non-hydrogen) atoms. The Kier molecular flexibility index (Phi) is 4.24. The number of nitrogens with zero attached hydrogens (tertiary/aromatic N) is 3. The summed E-state index contributed by atoms with van der Waals surface area (Å²) in [5.74, 6) is -0.680. The summed E-state index contributed by atoms with van der Waals surface area (Å²) < 4.78 is 34.7. The number of esters is 1. The lowest BCUT2D eigenvalue weighted by Gasteiger charge is -2.27. The van der Waals surface area contributed by atoms with Crippen molar-refractivity contribution in [2.45, 2.75) is 50.2 Å². The van der Waals surface area contributed by atoms with Gasteiger partial charge < -0.3 is 19.2 Å². The molecule has 1 aliphatic heterocycles. The normalized spacial score (nSPS) is 20.2. The maximum absolute atomic E-state index is 13.5. The van der Waals surface area contributed by atoms with Crippen LogP contribution in [0.2, 0.25) is 0 Å². The van der Waals surface area contributed by atoms with E-state index in [2.05, 4.69) is 10.3 Å². The second-order valence-corrected chi connectivity index (χ2v) is 7.06. The highest BCUT2D eigenvalue weighted by Crippen LogP contribution is 2.48. The molecule has 2 aromatic rings. The first kappa shape index (κ1) is 17.7. The maximum Gasteiger partial charge on any atom is 0.341 e. The van der Waals surface area contributed by atoms with E-state index in [0.717, 1.165) is 29.6 Å². The molecule has 0 bridgehead atoms. The predicted molar refractivity (Wildman–Crippen MR) is 93.1 cm³/mol. The first-order valence-electron chi connectivity index (χ1n) is 8.86. The third kappa shape index (κ3) is 2.90. The molecule has 144 valence electrons. The number of alkyl halides is 2. The average molecular weight is 378 g/mol. The highest BCUT2D eigenvalue weighted by Gasteiger charge is 2.53. The van der Waals surface area contributed by atoms with E-state index >= 15 is 0 Å². The zero-order chi connectivity index (χ0) is 19.2. The molecule has 1 atom stereocenters. The van der Waals surface area contributed by atoms with Crippen LogP contribution in [0.15, 0.2) is 29.6 Å². The Labute approximate surface area is 154 Å². The van der Waals surface area contributed by atoms with Gasteiger partial charge in [-0.2, -0.15) is 0 Å². The summed E-state index contributed by atoms with van der Waals surface area (Å²) in [5, 5.41) is 3.21. The molecule has 1 unspecified atom stereocenters. The number of aromatic nitrogens is 3. The number of hydrogen-bond donors (Lipinski definition) is 1. The molecule has 1 N–H and O–H groups in total. The first-order chi connectivity index (χ1) is 13.0. The highest BCUT2D eigenvalue weighted by molar-refractivity contribution is 5.95. The standard InChI is InChI=1S/C18H20F2N4O3/c1-27-16(26)11-9-24(18(4-5-18)17(19)20)15(25)7-13(11)22-12-3-2-6-23-10-21-8-14(12)23/h7-10,12,17,22H,2-6H2,1H3. The van der Waals surface area contributed by atoms with Crippen molar-refractivity contribution in [3.8, 4) is 0 Å². The Hall–Kier alpha value is -2.71. The number of anilines is 1. The summed E-state index contributed by atoms with van der Waals surface area (Å²) in [5.41, 5.74) is -0.768. The molecule has 3 heterocycles. The summed E-state index contributed by atoms with van der Waals surface area (Å²) in [7, 11) is 1.22. The minimum Gasteiger partial charge on any atom is -0.465 e. The summed E-state index contributed by atoms with van der Waals surface area (Å²) in [4.78, 5) is 29.0. The zero-order valence-electron chi connectivity index (χ0n) is 14.8. The topological polar surface area (TPSA) is 78.1 Å². The Balaban J connectivity index is 1.74. The van der Waals surface area contributed by atoms with Gasteiger partial charge in [-0.3, -0.25) is 4.79 Å². The minimum atomic E-state index is -2.67. The largest absolute Gasteiger partial charge is 0.465 e. The molecular formula is C18H20F2N4O3. The molecule has 2 aromatic heterocycles. The fourth-order valence-electron chi connectivity index (χ4n) is 3.72. The molecule has 4 rings (SSSR count). The van der Waals surface area contributed by atoms with E-state index in [9.17, 15) is 18.4 Å². The van der Waals surface area contributed by atoms with Crippen molar-refractivity contribution in [2.24, 2.45) is 0 Å². The Morgan fingerprint density at radius 2 is 2.22 bits per heavy atom. The monoisotopic (exact) mass is 378 g/mol. The molecule has 1 saturated carbocycles. The lowest BCUT2D eigenvalue weighted by Crippen LogP contribution is -2.36. The number of nitrogens with one attached hydrogen (secondary N) is 1. The van der Waals surface area contributed by atoms with Gasteiger partial charge >= 0.3 is 5.97 Å². The van der Waals surface area contributed by atoms with Crippen LogP contribution in [0, 0.1) is 0 Å². The zero-order valence-corrected chi connectivity index (χ0v) is 14.8. The van der Waals surface area contributed by atoms with E-state index in [4.69, 9.17) is 4.74 Å². The molecule has 1 aliphatic carbocycles. The SMILES string of the molecule is COC(=O)c1cn(C2(C(F)F)CC2)c(=O)cc1NC1CCCn2cncc21. The third-order valence-electron chi connectivity index (χ3n) is 5.43. The first-order valence-corrected chi connectivity index (χ1v) is 8.86. The van der Waals surface area contributed by atoms with Crippen molar-refractivity contribution < 1.29 is 18.3 Å². The fraction of sp³-hybridized carbons (Fsp3) is 0.500. The highest BCUT2D eigenvalue weighted by atomic mass is 19.3. The van der Waals surface area contributed by atoms with Gasteiger partial charge in [0.05, 0.1) is 42.6 Å². The Bertz CT molecular complexity index is 933. The molecular weight excluding hydrogens is 358 g/mol. The lowest BCUT2D eigenvalue weighted by molar-refractivity contribution is 0.0580. The average Bonchev–Trinajstić information content (AvgIpc) is 3.31. The van der Waals surface area contributed by atoms with E-state index in [0.29, 0.717) is 0 Å². The number of ether oxygens (including phenoxy) is 1. The maximum atomic E-state index is 13.5. The molecule has 0 amide bonds. The number of aryl methyl sites for hydroxylation is 1. The summed E-state index contributed by atoms with van der Waals surface area (Å²) >= 11 is 0. The van der Waals surface area contributed by atoms with Gasteiger partial charge in [0.15, 0.2) is 0 Å². The van der Waals surface area contributed by atoms with Crippen LogP contribution in [0.25, 0.3) is 0 Å². The Morgan fingerprint density at radius 3 is 2.89 bits per heavy atom. The van der Waals surface area contributed by atoms with Crippen molar-refractivity contribution in [1.82, 2.24) is 14.1 Å². The van der Waals surface area contributed by atoms with E-state index < -0.39 is 23.5 Å². The van der Waals surface area contributed by atoms with E-state index in [1.54, 1.807) is 12.5 Å². The minimum absolute atomic E-state index is 0.0701. The number of imidazole rings is 1. The second kappa shape index (κ2) is 6.47. The van der Waals surface area contributed by atoms with Crippen molar-refractivity contribution >= 4 is 11.7 Å². The van der Waals surface area contributed by atoms with Gasteiger partial charge in [-0.15, -0.1) is 0 Å². The number of rotatable bonds is 5. The van der Waals surface area contributed by atoms with Crippen LogP contribution in [0.4, 0.5) is 14.5 Å². The van der Waals surface area contributed by atoms with Gasteiger partial charge in [-0.1, -0.05) is 0 Å². The number of carbonyl (C=O) groups is 1. The van der Waals surface area contributed by atoms with E-state index in [1.807, 2.05) is 4.57 Å². The van der Waals surface area contributed by atoms with Gasteiger partial charge in [0.1, 0.15) is 5.54 Å². The van der Waals surface area contributed by atoms with Gasteiger partial charge in [0, 0.05) is 18.8 Å². The van der Waals surface area contributed by atoms with Crippen LogP contribution in [-0.4, -0.2) is 33.6 Å². The summed E-state index contributed by atoms with van der Waals surface area (Å²) in [6, 6.07) is 1.08. The molecule has 1 fully saturated rings. The molecule has 0 spiro atoms. The number of carbonyl (C=O) groups excluding carboxylic acids is 1. The molecule has 0 aromatic carbocycles. The second-order valence-electron chi connectivity index (χ2n) is 7.06. The Morgan fingerprint density at radius 1 is 1.44 bits per heavy atom.